The van der Waals surface area contributed by atoms with Crippen LogP contribution in [0, 0.1) is 17.8 Å². The molecule has 1 saturated heterocycles. The van der Waals surface area contributed by atoms with E-state index in [9.17, 15) is 0 Å². The minimum Gasteiger partial charge on any atom is -0.330 e. The first kappa shape index (κ1) is 14.3. The van der Waals surface area contributed by atoms with Gasteiger partial charge in [0.25, 0.3) is 0 Å². The highest BCUT2D eigenvalue weighted by molar-refractivity contribution is 4.88. The van der Waals surface area contributed by atoms with E-state index in [1.165, 1.54) is 58.0 Å². The molecule has 2 rings (SSSR count). The zero-order chi connectivity index (χ0) is 13.0. The van der Waals surface area contributed by atoms with Crippen molar-refractivity contribution in [3.8, 4) is 0 Å². The number of nitrogens with two attached hydrogens (primary N) is 1. The Balaban J connectivity index is 1.97. The van der Waals surface area contributed by atoms with Gasteiger partial charge in [-0.2, -0.15) is 0 Å². The summed E-state index contributed by atoms with van der Waals surface area (Å²) in [5.74, 6) is 2.65. The number of likely N-dealkylation sites (tertiary alicyclic amines) is 1. The Kier molecular flexibility index (Phi) is 5.50. The number of rotatable bonds is 3. The maximum Gasteiger partial charge on any atom is 0.0138 e. The molecule has 0 bridgehead atoms. The molecular weight excluding hydrogens is 220 g/mol. The Morgan fingerprint density at radius 1 is 1.11 bits per heavy atom. The van der Waals surface area contributed by atoms with Crippen LogP contribution in [0.4, 0.5) is 0 Å². The van der Waals surface area contributed by atoms with Crippen molar-refractivity contribution in [2.75, 3.05) is 19.6 Å². The van der Waals surface area contributed by atoms with Crippen LogP contribution in [0.2, 0.25) is 0 Å². The molecule has 2 heteroatoms. The van der Waals surface area contributed by atoms with Crippen molar-refractivity contribution in [1.82, 2.24) is 4.90 Å². The second kappa shape index (κ2) is 6.91. The minimum absolute atomic E-state index is 0.765. The summed E-state index contributed by atoms with van der Waals surface area (Å²) in [6.45, 7) is 8.31. The molecule has 1 aliphatic heterocycles. The molecule has 4 atom stereocenters. The van der Waals surface area contributed by atoms with Gasteiger partial charge in [0.1, 0.15) is 0 Å². The molecule has 0 radical (unpaired) electrons. The van der Waals surface area contributed by atoms with Gasteiger partial charge in [-0.25, -0.2) is 0 Å². The summed E-state index contributed by atoms with van der Waals surface area (Å²) in [6.07, 6.45) is 9.76. The number of hydrogen-bond acceptors (Lipinski definition) is 2. The van der Waals surface area contributed by atoms with Crippen molar-refractivity contribution in [2.45, 2.75) is 64.8 Å². The predicted molar refractivity (Wildman–Crippen MR) is 78.6 cm³/mol. The Morgan fingerprint density at radius 2 is 1.94 bits per heavy atom. The largest absolute Gasteiger partial charge is 0.330 e. The quantitative estimate of drug-likeness (QED) is 0.835. The molecule has 2 fully saturated rings. The topological polar surface area (TPSA) is 29.3 Å². The highest BCUT2D eigenvalue weighted by atomic mass is 15.2. The van der Waals surface area contributed by atoms with Gasteiger partial charge in [-0.3, -0.25) is 0 Å². The van der Waals surface area contributed by atoms with E-state index in [-0.39, 0.29) is 0 Å². The van der Waals surface area contributed by atoms with Gasteiger partial charge in [0.2, 0.25) is 0 Å². The molecule has 0 aromatic heterocycles. The second-order valence-electron chi connectivity index (χ2n) is 6.72. The van der Waals surface area contributed by atoms with E-state index >= 15 is 0 Å². The molecule has 2 nitrogen and oxygen atoms in total. The molecule has 2 N–H and O–H groups in total. The van der Waals surface area contributed by atoms with Gasteiger partial charge >= 0.3 is 0 Å². The van der Waals surface area contributed by atoms with Crippen molar-refractivity contribution < 1.29 is 0 Å². The fourth-order valence-electron chi connectivity index (χ4n) is 4.00. The van der Waals surface area contributed by atoms with E-state index in [0.29, 0.717) is 0 Å². The van der Waals surface area contributed by atoms with Crippen LogP contribution in [0.25, 0.3) is 0 Å². The first-order chi connectivity index (χ1) is 8.74. The van der Waals surface area contributed by atoms with Crippen LogP contribution < -0.4 is 5.73 Å². The van der Waals surface area contributed by atoms with E-state index < -0.39 is 0 Å². The molecule has 4 unspecified atom stereocenters. The summed E-state index contributed by atoms with van der Waals surface area (Å²) in [5.41, 5.74) is 6.03. The van der Waals surface area contributed by atoms with Gasteiger partial charge in [-0.1, -0.05) is 26.7 Å². The lowest BCUT2D eigenvalue weighted by Crippen LogP contribution is -2.47. The molecular formula is C16H32N2. The van der Waals surface area contributed by atoms with E-state index in [0.717, 1.165) is 30.3 Å². The standard InChI is InChI=1S/C16H32N2/c1-3-14-6-7-15(12-17)16(11-14)18-9-4-5-13(2)8-10-18/h13-16H,3-12,17H2,1-2H3. The smallest absolute Gasteiger partial charge is 0.0138 e. The van der Waals surface area contributed by atoms with Crippen molar-refractivity contribution >= 4 is 0 Å². The van der Waals surface area contributed by atoms with Crippen LogP contribution >= 0.6 is 0 Å². The summed E-state index contributed by atoms with van der Waals surface area (Å²) in [7, 11) is 0. The van der Waals surface area contributed by atoms with Crippen molar-refractivity contribution in [1.29, 1.82) is 0 Å². The van der Waals surface area contributed by atoms with Gasteiger partial charge in [0, 0.05) is 6.04 Å². The lowest BCUT2D eigenvalue weighted by molar-refractivity contribution is 0.0825. The first-order valence-corrected chi connectivity index (χ1v) is 8.18. The van der Waals surface area contributed by atoms with Gasteiger partial charge in [0.15, 0.2) is 0 Å². The fraction of sp³-hybridized carbons (Fsp3) is 1.00. The van der Waals surface area contributed by atoms with E-state index in [1.807, 2.05) is 0 Å². The Labute approximate surface area is 113 Å². The van der Waals surface area contributed by atoms with Gasteiger partial charge in [0.05, 0.1) is 0 Å². The summed E-state index contributed by atoms with van der Waals surface area (Å²) in [5, 5.41) is 0. The average molecular weight is 252 g/mol. The number of nitrogens with zero attached hydrogens (tertiary/aromatic N) is 1. The van der Waals surface area contributed by atoms with Crippen molar-refractivity contribution in [2.24, 2.45) is 23.5 Å². The maximum atomic E-state index is 6.03. The third-order valence-electron chi connectivity index (χ3n) is 5.47. The minimum atomic E-state index is 0.765. The third-order valence-corrected chi connectivity index (χ3v) is 5.47. The highest BCUT2D eigenvalue weighted by Gasteiger charge is 2.33. The van der Waals surface area contributed by atoms with E-state index in [4.69, 9.17) is 5.73 Å². The summed E-state index contributed by atoms with van der Waals surface area (Å²) in [4.78, 5) is 2.79. The predicted octanol–water partition coefficient (Wildman–Crippen LogP) is 3.26. The second-order valence-corrected chi connectivity index (χ2v) is 6.72. The fourth-order valence-corrected chi connectivity index (χ4v) is 4.00. The van der Waals surface area contributed by atoms with Gasteiger partial charge < -0.3 is 10.6 Å². The summed E-state index contributed by atoms with van der Waals surface area (Å²) < 4.78 is 0. The van der Waals surface area contributed by atoms with Crippen LogP contribution in [-0.4, -0.2) is 30.6 Å². The zero-order valence-corrected chi connectivity index (χ0v) is 12.4. The molecule has 0 aromatic carbocycles. The average Bonchev–Trinajstić information content (AvgIpc) is 2.62. The molecule has 1 saturated carbocycles. The van der Waals surface area contributed by atoms with E-state index in [2.05, 4.69) is 18.7 Å². The van der Waals surface area contributed by atoms with Crippen LogP contribution in [0.5, 0.6) is 0 Å². The molecule has 1 heterocycles. The van der Waals surface area contributed by atoms with E-state index in [1.54, 1.807) is 0 Å². The SMILES string of the molecule is CCC1CCC(CN)C(N2CCCC(C)CC2)C1. The van der Waals surface area contributed by atoms with Gasteiger partial charge in [-0.05, 0) is 69.5 Å². The highest BCUT2D eigenvalue weighted by Crippen LogP contribution is 2.34. The molecule has 106 valence electrons. The molecule has 0 aromatic rings. The normalized spacial score (nSPS) is 39.5. The molecule has 0 amide bonds. The Bertz CT molecular complexity index is 241. The van der Waals surface area contributed by atoms with Crippen LogP contribution in [0.15, 0.2) is 0 Å². The van der Waals surface area contributed by atoms with Crippen molar-refractivity contribution in [3.63, 3.8) is 0 Å². The van der Waals surface area contributed by atoms with Crippen molar-refractivity contribution in [3.05, 3.63) is 0 Å². The Hall–Kier alpha value is -0.0800. The molecule has 0 spiro atoms. The lowest BCUT2D eigenvalue weighted by Gasteiger charge is -2.42. The third kappa shape index (κ3) is 3.48. The monoisotopic (exact) mass is 252 g/mol. The lowest BCUT2D eigenvalue weighted by atomic mass is 9.76. The number of hydrogen-bond donors (Lipinski definition) is 1. The maximum absolute atomic E-state index is 6.03. The molecule has 2 aliphatic rings. The first-order valence-electron chi connectivity index (χ1n) is 8.18. The van der Waals surface area contributed by atoms with Crippen LogP contribution in [-0.2, 0) is 0 Å². The Morgan fingerprint density at radius 3 is 2.67 bits per heavy atom. The molecule has 1 aliphatic carbocycles. The molecule has 18 heavy (non-hydrogen) atoms. The van der Waals surface area contributed by atoms with Crippen LogP contribution in [0.3, 0.4) is 0 Å². The summed E-state index contributed by atoms with van der Waals surface area (Å²) in [6, 6.07) is 0.791. The summed E-state index contributed by atoms with van der Waals surface area (Å²) >= 11 is 0. The zero-order valence-electron chi connectivity index (χ0n) is 12.4. The van der Waals surface area contributed by atoms with Gasteiger partial charge in [-0.15, -0.1) is 0 Å². The van der Waals surface area contributed by atoms with Crippen LogP contribution in [0.1, 0.15) is 58.8 Å².